The van der Waals surface area contributed by atoms with E-state index in [1.54, 1.807) is 30.3 Å². The van der Waals surface area contributed by atoms with Crippen LogP contribution in [-0.2, 0) is 15.6 Å². The summed E-state index contributed by atoms with van der Waals surface area (Å²) in [4.78, 5) is 36.4. The first-order valence-electron chi connectivity index (χ1n) is 11.2. The maximum Gasteiger partial charge on any atom is 0.271 e. The van der Waals surface area contributed by atoms with Crippen molar-refractivity contribution in [1.82, 2.24) is 20.8 Å². The number of nitrogens with zero attached hydrogens (tertiary/aromatic N) is 2. The number of ether oxygens (including phenoxy) is 2. The second-order valence-corrected chi connectivity index (χ2v) is 10.3. The summed E-state index contributed by atoms with van der Waals surface area (Å²) in [5, 5.41) is 0.309. The Kier molecular flexibility index (Phi) is 4.25. The van der Waals surface area contributed by atoms with Gasteiger partial charge in [0.2, 0.25) is 6.79 Å². The van der Waals surface area contributed by atoms with Crippen LogP contribution in [0.15, 0.2) is 36.4 Å². The Bertz CT molecular complexity index is 1410. The van der Waals surface area contributed by atoms with E-state index in [0.717, 1.165) is 12.1 Å². The number of amides is 2. The molecule has 2 bridgehead atoms. The monoisotopic (exact) mass is 478 g/mol. The first kappa shape index (κ1) is 21.2. The van der Waals surface area contributed by atoms with Gasteiger partial charge in [-0.3, -0.25) is 20.4 Å². The molecular formula is C25H23ClN4O4. The van der Waals surface area contributed by atoms with E-state index in [4.69, 9.17) is 31.0 Å². The minimum Gasteiger partial charge on any atom is -0.454 e. The number of halogens is 1. The molecule has 34 heavy (non-hydrogen) atoms. The van der Waals surface area contributed by atoms with Crippen molar-refractivity contribution >= 4 is 34.4 Å². The summed E-state index contributed by atoms with van der Waals surface area (Å²) in [7, 11) is 0. The predicted octanol–water partition coefficient (Wildman–Crippen LogP) is 3.80. The molecule has 0 radical (unpaired) electrons. The maximum absolute atomic E-state index is 13.8. The highest BCUT2D eigenvalue weighted by Crippen LogP contribution is 2.70. The predicted molar refractivity (Wildman–Crippen MR) is 125 cm³/mol. The van der Waals surface area contributed by atoms with Gasteiger partial charge < -0.3 is 9.47 Å². The van der Waals surface area contributed by atoms with E-state index in [0.29, 0.717) is 39.7 Å². The van der Waals surface area contributed by atoms with E-state index in [1.165, 1.54) is 0 Å². The van der Waals surface area contributed by atoms with E-state index in [9.17, 15) is 9.59 Å². The molecule has 1 aromatic heterocycles. The van der Waals surface area contributed by atoms with Crippen molar-refractivity contribution in [2.75, 3.05) is 6.79 Å². The third-order valence-electron chi connectivity index (χ3n) is 8.33. The van der Waals surface area contributed by atoms with Gasteiger partial charge in [0.05, 0.1) is 33.0 Å². The van der Waals surface area contributed by atoms with E-state index in [-0.39, 0.29) is 23.7 Å². The van der Waals surface area contributed by atoms with E-state index >= 15 is 0 Å². The average molecular weight is 479 g/mol. The van der Waals surface area contributed by atoms with Gasteiger partial charge in [-0.2, -0.15) is 0 Å². The summed E-state index contributed by atoms with van der Waals surface area (Å²) < 4.78 is 11.0. The van der Waals surface area contributed by atoms with Gasteiger partial charge in [-0.15, -0.1) is 0 Å². The summed E-state index contributed by atoms with van der Waals surface area (Å²) in [6.45, 7) is 6.46. The van der Waals surface area contributed by atoms with Crippen LogP contribution in [0.1, 0.15) is 55.4 Å². The lowest BCUT2D eigenvalue weighted by Crippen LogP contribution is -2.55. The second-order valence-electron chi connectivity index (χ2n) is 9.87. The van der Waals surface area contributed by atoms with E-state index in [2.05, 4.69) is 31.6 Å². The summed E-state index contributed by atoms with van der Waals surface area (Å²) >= 11 is 6.14. The number of rotatable bonds is 2. The molecule has 2 aliphatic carbocycles. The Balaban J connectivity index is 1.41. The lowest BCUT2D eigenvalue weighted by atomic mass is 9.63. The molecule has 2 heterocycles. The fraction of sp³-hybridized carbons (Fsp3) is 0.360. The number of hydrazine groups is 1. The number of hydrogen-bond donors (Lipinski definition) is 2. The van der Waals surface area contributed by atoms with Crippen LogP contribution in [0.25, 0.3) is 11.0 Å². The number of hydrogen-bond acceptors (Lipinski definition) is 6. The minimum absolute atomic E-state index is 0.160. The third kappa shape index (κ3) is 2.49. The van der Waals surface area contributed by atoms with Crippen molar-refractivity contribution in [3.63, 3.8) is 0 Å². The smallest absolute Gasteiger partial charge is 0.271 e. The summed E-state index contributed by atoms with van der Waals surface area (Å²) in [6, 6.07) is 10.3. The highest BCUT2D eigenvalue weighted by molar-refractivity contribution is 6.33. The van der Waals surface area contributed by atoms with Crippen LogP contribution < -0.4 is 20.3 Å². The van der Waals surface area contributed by atoms with Crippen LogP contribution in [-0.4, -0.2) is 28.6 Å². The SMILES string of the molecule is CC12CCC(C(=O)NNC(=O)c3ccccc3Cl)(c3nc4cc5c(cc4nc31)OCO5)C2(C)C. The van der Waals surface area contributed by atoms with Crippen LogP contribution in [0.4, 0.5) is 0 Å². The minimum atomic E-state index is -0.956. The molecule has 1 saturated carbocycles. The molecule has 9 heteroatoms. The number of aromatic nitrogens is 2. The van der Waals surface area contributed by atoms with E-state index < -0.39 is 16.7 Å². The number of fused-ring (bicyclic) bond motifs is 7. The summed E-state index contributed by atoms with van der Waals surface area (Å²) in [5.74, 6) is 0.462. The Morgan fingerprint density at radius 1 is 0.941 bits per heavy atom. The number of carbonyl (C=O) groups is 2. The standard InChI is InChI=1S/C25H23ClN4O4/c1-23(2)24(3)8-9-25(23,22(32)30-29-21(31)13-6-4-5-7-14(13)26)20-19(24)27-15-10-17-18(34-12-33-17)11-16(15)28-20/h4-7,10-11H,8-9,12H2,1-3H3,(H,29,31)(H,30,32). The van der Waals surface area contributed by atoms with Crippen LogP contribution in [0.3, 0.4) is 0 Å². The van der Waals surface area contributed by atoms with Crippen LogP contribution in [0, 0.1) is 5.41 Å². The van der Waals surface area contributed by atoms with E-state index in [1.807, 2.05) is 6.07 Å². The van der Waals surface area contributed by atoms with Gasteiger partial charge in [-0.05, 0) is 30.4 Å². The highest BCUT2D eigenvalue weighted by atomic mass is 35.5. The van der Waals surface area contributed by atoms with Gasteiger partial charge in [-0.1, -0.05) is 44.5 Å². The topological polar surface area (TPSA) is 102 Å². The highest BCUT2D eigenvalue weighted by Gasteiger charge is 2.73. The van der Waals surface area contributed by atoms with Crippen molar-refractivity contribution in [3.8, 4) is 11.5 Å². The molecule has 3 aliphatic rings. The molecule has 2 atom stereocenters. The largest absolute Gasteiger partial charge is 0.454 e. The first-order valence-corrected chi connectivity index (χ1v) is 11.5. The molecular weight excluding hydrogens is 456 g/mol. The number of carbonyl (C=O) groups excluding carboxylic acids is 2. The van der Waals surface area contributed by atoms with Gasteiger partial charge >= 0.3 is 0 Å². The Morgan fingerprint density at radius 3 is 2.26 bits per heavy atom. The third-order valence-corrected chi connectivity index (χ3v) is 8.66. The normalized spacial score (nSPS) is 25.3. The molecule has 1 fully saturated rings. The Morgan fingerprint density at radius 2 is 1.59 bits per heavy atom. The fourth-order valence-corrected chi connectivity index (χ4v) is 6.15. The number of nitrogens with one attached hydrogen (secondary N) is 2. The first-order chi connectivity index (χ1) is 16.2. The van der Waals surface area contributed by atoms with Crippen molar-refractivity contribution in [1.29, 1.82) is 0 Å². The van der Waals surface area contributed by atoms with Crippen LogP contribution in [0.5, 0.6) is 11.5 Å². The van der Waals surface area contributed by atoms with Gasteiger partial charge in [-0.25, -0.2) is 9.97 Å². The van der Waals surface area contributed by atoms with Gasteiger partial charge in [0.1, 0.15) is 5.41 Å². The van der Waals surface area contributed by atoms with Crippen LogP contribution in [0.2, 0.25) is 5.02 Å². The van der Waals surface area contributed by atoms with Crippen molar-refractivity contribution < 1.29 is 19.1 Å². The lowest BCUT2D eigenvalue weighted by Gasteiger charge is -2.39. The molecule has 2 N–H and O–H groups in total. The molecule has 0 spiro atoms. The fourth-order valence-electron chi connectivity index (χ4n) is 5.93. The molecule has 174 valence electrons. The zero-order valence-electron chi connectivity index (χ0n) is 19.0. The molecule has 2 amide bonds. The van der Waals surface area contributed by atoms with Gasteiger partial charge in [0, 0.05) is 17.5 Å². The van der Waals surface area contributed by atoms with Crippen molar-refractivity contribution in [2.24, 2.45) is 5.41 Å². The Labute approximate surface area is 201 Å². The Hall–Kier alpha value is -3.39. The van der Waals surface area contributed by atoms with Gasteiger partial charge in [0.15, 0.2) is 11.5 Å². The lowest BCUT2D eigenvalue weighted by molar-refractivity contribution is -0.131. The average Bonchev–Trinajstić information content (AvgIpc) is 3.39. The van der Waals surface area contributed by atoms with Crippen molar-refractivity contribution in [2.45, 2.75) is 44.4 Å². The number of benzene rings is 2. The molecule has 1 aliphatic heterocycles. The molecule has 8 nitrogen and oxygen atoms in total. The van der Waals surface area contributed by atoms with Crippen molar-refractivity contribution in [3.05, 3.63) is 58.4 Å². The second kappa shape index (κ2) is 6.82. The molecule has 2 aromatic carbocycles. The zero-order valence-corrected chi connectivity index (χ0v) is 19.7. The molecule has 6 rings (SSSR count). The maximum atomic E-state index is 13.8. The summed E-state index contributed by atoms with van der Waals surface area (Å²) in [6.07, 6.45) is 1.38. The molecule has 0 saturated heterocycles. The quantitative estimate of drug-likeness (QED) is 0.543. The van der Waals surface area contributed by atoms with Gasteiger partial charge in [0.25, 0.3) is 11.8 Å². The van der Waals surface area contributed by atoms with Crippen LogP contribution >= 0.6 is 11.6 Å². The zero-order chi connectivity index (χ0) is 23.9. The molecule has 3 aromatic rings. The molecule has 2 unspecified atom stereocenters. The summed E-state index contributed by atoms with van der Waals surface area (Å²) in [5.41, 5.74) is 6.50.